The van der Waals surface area contributed by atoms with Gasteiger partial charge in [-0.05, 0) is 0 Å². The molecule has 4 unspecified atom stereocenters. The first kappa shape index (κ1) is 12.9. The third-order valence-electron chi connectivity index (χ3n) is 2.87. The number of hydrogen-bond acceptors (Lipinski definition) is 5. The highest BCUT2D eigenvalue weighted by atomic mass is 16.7. The number of rotatable bonds is 4. The maximum Gasteiger partial charge on any atom is 0.186 e. The second kappa shape index (κ2) is 5.77. The molecule has 15 heavy (non-hydrogen) atoms. The molecule has 1 fully saturated rings. The SMILES string of the molecule is COCC1OC(OC)C(OC)C(O)[C@@H]1C. The lowest BCUT2D eigenvalue weighted by Crippen LogP contribution is -2.55. The fraction of sp³-hybridized carbons (Fsp3) is 1.00. The molecule has 1 rings (SSSR count). The molecule has 1 aliphatic heterocycles. The van der Waals surface area contributed by atoms with Crippen molar-refractivity contribution in [3.63, 3.8) is 0 Å². The van der Waals surface area contributed by atoms with Crippen molar-refractivity contribution >= 4 is 0 Å². The first-order valence-corrected chi connectivity index (χ1v) is 5.03. The molecule has 0 aromatic heterocycles. The molecule has 0 amide bonds. The molecule has 5 heteroatoms. The minimum atomic E-state index is -0.603. The molecule has 0 aromatic rings. The molecule has 1 N–H and O–H groups in total. The second-order valence-electron chi connectivity index (χ2n) is 3.78. The second-order valence-corrected chi connectivity index (χ2v) is 3.78. The Hall–Kier alpha value is -0.200. The summed E-state index contributed by atoms with van der Waals surface area (Å²) < 4.78 is 20.9. The molecule has 0 aromatic carbocycles. The van der Waals surface area contributed by atoms with Crippen LogP contribution in [0.15, 0.2) is 0 Å². The monoisotopic (exact) mass is 220 g/mol. The maximum absolute atomic E-state index is 10.00. The molecule has 1 heterocycles. The van der Waals surface area contributed by atoms with Crippen LogP contribution in [0, 0.1) is 5.92 Å². The van der Waals surface area contributed by atoms with Crippen LogP contribution in [0.5, 0.6) is 0 Å². The van der Waals surface area contributed by atoms with Gasteiger partial charge in [0.1, 0.15) is 6.10 Å². The van der Waals surface area contributed by atoms with E-state index in [-0.39, 0.29) is 12.0 Å². The Labute approximate surface area is 90.3 Å². The van der Waals surface area contributed by atoms with E-state index >= 15 is 0 Å². The third-order valence-corrected chi connectivity index (χ3v) is 2.87. The van der Waals surface area contributed by atoms with Crippen LogP contribution in [0.3, 0.4) is 0 Å². The van der Waals surface area contributed by atoms with Gasteiger partial charge in [0.2, 0.25) is 0 Å². The first-order chi connectivity index (χ1) is 7.15. The zero-order valence-electron chi connectivity index (χ0n) is 9.67. The van der Waals surface area contributed by atoms with Gasteiger partial charge in [-0.2, -0.15) is 0 Å². The highest BCUT2D eigenvalue weighted by Gasteiger charge is 2.43. The Kier molecular flexibility index (Phi) is 4.95. The summed E-state index contributed by atoms with van der Waals surface area (Å²) in [5.41, 5.74) is 0. The molecule has 0 aliphatic carbocycles. The predicted molar refractivity (Wildman–Crippen MR) is 53.5 cm³/mol. The maximum atomic E-state index is 10.00. The lowest BCUT2D eigenvalue weighted by atomic mass is 9.91. The summed E-state index contributed by atoms with van der Waals surface area (Å²) >= 11 is 0. The molecule has 90 valence electrons. The lowest BCUT2D eigenvalue weighted by molar-refractivity contribution is -0.286. The number of hydrogen-bond donors (Lipinski definition) is 1. The zero-order chi connectivity index (χ0) is 11.4. The molecule has 0 saturated carbocycles. The van der Waals surface area contributed by atoms with E-state index in [1.807, 2.05) is 6.92 Å². The number of ether oxygens (including phenoxy) is 4. The van der Waals surface area contributed by atoms with Crippen LogP contribution in [-0.4, -0.2) is 57.6 Å². The average Bonchev–Trinajstić information content (AvgIpc) is 2.24. The summed E-state index contributed by atoms with van der Waals surface area (Å²) in [6.07, 6.45) is -1.75. The fourth-order valence-corrected chi connectivity index (χ4v) is 1.85. The van der Waals surface area contributed by atoms with Gasteiger partial charge in [0.25, 0.3) is 0 Å². The van der Waals surface area contributed by atoms with Gasteiger partial charge in [-0.15, -0.1) is 0 Å². The summed E-state index contributed by atoms with van der Waals surface area (Å²) in [6, 6.07) is 0. The van der Waals surface area contributed by atoms with E-state index in [2.05, 4.69) is 0 Å². The molecule has 0 radical (unpaired) electrons. The molecular formula is C10H20O5. The van der Waals surface area contributed by atoms with Crippen molar-refractivity contribution in [1.82, 2.24) is 0 Å². The van der Waals surface area contributed by atoms with Crippen LogP contribution in [0.25, 0.3) is 0 Å². The van der Waals surface area contributed by atoms with Gasteiger partial charge in [-0.1, -0.05) is 6.92 Å². The number of methoxy groups -OCH3 is 3. The molecule has 0 spiro atoms. The van der Waals surface area contributed by atoms with Crippen LogP contribution in [-0.2, 0) is 18.9 Å². The fourth-order valence-electron chi connectivity index (χ4n) is 1.85. The number of aliphatic hydroxyl groups excluding tert-OH is 1. The van der Waals surface area contributed by atoms with Gasteiger partial charge < -0.3 is 24.1 Å². The molecule has 1 saturated heterocycles. The number of aliphatic hydroxyl groups is 1. The van der Waals surface area contributed by atoms with Crippen molar-refractivity contribution in [3.8, 4) is 0 Å². The van der Waals surface area contributed by atoms with E-state index in [1.54, 1.807) is 7.11 Å². The summed E-state index contributed by atoms with van der Waals surface area (Å²) in [5.74, 6) is -0.0405. The Morgan fingerprint density at radius 1 is 1.20 bits per heavy atom. The van der Waals surface area contributed by atoms with Gasteiger partial charge in [0.05, 0.1) is 18.8 Å². The Morgan fingerprint density at radius 3 is 2.33 bits per heavy atom. The highest BCUT2D eigenvalue weighted by Crippen LogP contribution is 2.27. The Bertz CT molecular complexity index is 183. The van der Waals surface area contributed by atoms with Gasteiger partial charge in [-0.3, -0.25) is 0 Å². The van der Waals surface area contributed by atoms with E-state index in [0.29, 0.717) is 6.61 Å². The minimum Gasteiger partial charge on any atom is -0.390 e. The van der Waals surface area contributed by atoms with E-state index < -0.39 is 18.5 Å². The van der Waals surface area contributed by atoms with Crippen molar-refractivity contribution < 1.29 is 24.1 Å². The van der Waals surface area contributed by atoms with E-state index in [9.17, 15) is 5.11 Å². The zero-order valence-corrected chi connectivity index (χ0v) is 9.67. The summed E-state index contributed by atoms with van der Waals surface area (Å²) in [5, 5.41) is 10.00. The smallest absolute Gasteiger partial charge is 0.186 e. The molecule has 1 aliphatic rings. The van der Waals surface area contributed by atoms with Crippen LogP contribution in [0.1, 0.15) is 6.92 Å². The van der Waals surface area contributed by atoms with Crippen molar-refractivity contribution in [2.24, 2.45) is 5.92 Å². The highest BCUT2D eigenvalue weighted by molar-refractivity contribution is 4.87. The summed E-state index contributed by atoms with van der Waals surface area (Å²) in [6.45, 7) is 2.35. The van der Waals surface area contributed by atoms with Gasteiger partial charge >= 0.3 is 0 Å². The standard InChI is InChI=1S/C10H20O5/c1-6-7(5-12-2)15-10(14-4)9(13-3)8(6)11/h6-11H,5H2,1-4H3/t6-,7?,8?,9?,10?/m1/s1. The van der Waals surface area contributed by atoms with Crippen LogP contribution in [0.4, 0.5) is 0 Å². The van der Waals surface area contributed by atoms with E-state index in [4.69, 9.17) is 18.9 Å². The van der Waals surface area contributed by atoms with Crippen LogP contribution >= 0.6 is 0 Å². The lowest BCUT2D eigenvalue weighted by Gasteiger charge is -2.42. The summed E-state index contributed by atoms with van der Waals surface area (Å²) in [4.78, 5) is 0. The summed E-state index contributed by atoms with van der Waals surface area (Å²) in [7, 11) is 4.67. The Balaban J connectivity index is 2.68. The van der Waals surface area contributed by atoms with E-state index in [0.717, 1.165) is 0 Å². The van der Waals surface area contributed by atoms with Crippen LogP contribution in [0.2, 0.25) is 0 Å². The molecule has 0 bridgehead atoms. The first-order valence-electron chi connectivity index (χ1n) is 5.03. The van der Waals surface area contributed by atoms with Gasteiger partial charge in [0, 0.05) is 27.2 Å². The molecular weight excluding hydrogens is 200 g/mol. The topological polar surface area (TPSA) is 57.2 Å². The average molecular weight is 220 g/mol. The molecule has 5 atom stereocenters. The quantitative estimate of drug-likeness (QED) is 0.723. The molecule has 5 nitrogen and oxygen atoms in total. The third kappa shape index (κ3) is 2.68. The normalized spacial score (nSPS) is 41.8. The Morgan fingerprint density at radius 2 is 1.87 bits per heavy atom. The van der Waals surface area contributed by atoms with Gasteiger partial charge in [0.15, 0.2) is 6.29 Å². The largest absolute Gasteiger partial charge is 0.390 e. The predicted octanol–water partition coefficient (Wildman–Crippen LogP) is 0.0161. The van der Waals surface area contributed by atoms with Crippen molar-refractivity contribution in [1.29, 1.82) is 0 Å². The van der Waals surface area contributed by atoms with Crippen molar-refractivity contribution in [2.45, 2.75) is 31.5 Å². The van der Waals surface area contributed by atoms with Gasteiger partial charge in [-0.25, -0.2) is 0 Å². The van der Waals surface area contributed by atoms with Crippen LogP contribution < -0.4 is 0 Å². The van der Waals surface area contributed by atoms with E-state index in [1.165, 1.54) is 14.2 Å². The minimum absolute atomic E-state index is 0.0405. The van der Waals surface area contributed by atoms with Crippen molar-refractivity contribution in [2.75, 3.05) is 27.9 Å². The van der Waals surface area contributed by atoms with Crippen molar-refractivity contribution in [3.05, 3.63) is 0 Å².